The van der Waals surface area contributed by atoms with Gasteiger partial charge in [0.1, 0.15) is 29.7 Å². The average Bonchev–Trinajstić information content (AvgIpc) is 3.33. The van der Waals surface area contributed by atoms with Gasteiger partial charge in [0.05, 0.1) is 18.1 Å². The Morgan fingerprint density at radius 3 is 2.71 bits per heavy atom. The van der Waals surface area contributed by atoms with Crippen molar-refractivity contribution in [2.24, 2.45) is 0 Å². The van der Waals surface area contributed by atoms with E-state index in [9.17, 15) is 4.39 Å². The zero-order valence-electron chi connectivity index (χ0n) is 13.3. The minimum absolute atomic E-state index is 0.120. The standard InChI is InChI=1S/C18H17FN4O/c1-12-21-9-14(10-22-12)23-17-16-3-2-15(8-13(16)4-7-20-17)24-11-18(19)5-6-18/h2-4,7-10H,5-6,11H2,1H3,(H,20,23). The maximum atomic E-state index is 13.7. The number of hydrogen-bond donors (Lipinski definition) is 1. The average molecular weight is 324 g/mol. The first-order valence-corrected chi connectivity index (χ1v) is 7.88. The van der Waals surface area contributed by atoms with Gasteiger partial charge in [-0.1, -0.05) is 0 Å². The first-order chi connectivity index (χ1) is 11.6. The Morgan fingerprint density at radius 2 is 1.96 bits per heavy atom. The lowest BCUT2D eigenvalue weighted by atomic mass is 10.1. The number of nitrogens with one attached hydrogen (secondary N) is 1. The van der Waals surface area contributed by atoms with Crippen molar-refractivity contribution in [2.45, 2.75) is 25.4 Å². The van der Waals surface area contributed by atoms with Gasteiger partial charge in [-0.15, -0.1) is 0 Å². The molecule has 122 valence electrons. The Kier molecular flexibility index (Phi) is 3.52. The number of aromatic nitrogens is 3. The van der Waals surface area contributed by atoms with Gasteiger partial charge in [0.15, 0.2) is 0 Å². The fraction of sp³-hybridized carbons (Fsp3) is 0.278. The fourth-order valence-corrected chi connectivity index (χ4v) is 2.43. The summed E-state index contributed by atoms with van der Waals surface area (Å²) < 4.78 is 19.3. The van der Waals surface area contributed by atoms with Gasteiger partial charge in [-0.25, -0.2) is 19.3 Å². The van der Waals surface area contributed by atoms with Gasteiger partial charge in [0, 0.05) is 11.6 Å². The second-order valence-corrected chi connectivity index (χ2v) is 6.13. The van der Waals surface area contributed by atoms with Crippen LogP contribution in [0.15, 0.2) is 42.9 Å². The summed E-state index contributed by atoms with van der Waals surface area (Å²) >= 11 is 0. The Balaban J connectivity index is 1.58. The van der Waals surface area contributed by atoms with Crippen LogP contribution in [-0.2, 0) is 0 Å². The quantitative estimate of drug-likeness (QED) is 0.770. The number of ether oxygens (including phenoxy) is 1. The molecule has 1 aliphatic carbocycles. The number of anilines is 2. The molecule has 0 bridgehead atoms. The number of alkyl halides is 1. The Hall–Kier alpha value is -2.76. The van der Waals surface area contributed by atoms with E-state index >= 15 is 0 Å². The van der Waals surface area contributed by atoms with E-state index in [0.29, 0.717) is 18.6 Å². The molecule has 0 aliphatic heterocycles. The third kappa shape index (κ3) is 3.13. The second kappa shape index (κ2) is 5.70. The largest absolute Gasteiger partial charge is 0.490 e. The summed E-state index contributed by atoms with van der Waals surface area (Å²) in [6, 6.07) is 7.57. The van der Waals surface area contributed by atoms with Crippen LogP contribution in [0.1, 0.15) is 18.7 Å². The second-order valence-electron chi connectivity index (χ2n) is 6.13. The molecule has 1 N–H and O–H groups in total. The van der Waals surface area contributed by atoms with Gasteiger partial charge in [-0.3, -0.25) is 0 Å². The number of fused-ring (bicyclic) bond motifs is 1. The predicted octanol–water partition coefficient (Wildman–Crippen LogP) is 3.96. The van der Waals surface area contributed by atoms with Crippen molar-refractivity contribution in [3.05, 3.63) is 48.7 Å². The van der Waals surface area contributed by atoms with Crippen LogP contribution in [0.5, 0.6) is 5.75 Å². The summed E-state index contributed by atoms with van der Waals surface area (Å²) in [6.07, 6.45) is 6.35. The number of halogens is 1. The number of rotatable bonds is 5. The highest BCUT2D eigenvalue weighted by Crippen LogP contribution is 2.40. The third-order valence-corrected chi connectivity index (χ3v) is 4.07. The van der Waals surface area contributed by atoms with Crippen molar-refractivity contribution in [2.75, 3.05) is 11.9 Å². The molecule has 3 aromatic rings. The van der Waals surface area contributed by atoms with E-state index < -0.39 is 5.67 Å². The van der Waals surface area contributed by atoms with Crippen LogP contribution in [0, 0.1) is 6.92 Å². The van der Waals surface area contributed by atoms with Crippen molar-refractivity contribution in [3.8, 4) is 5.75 Å². The zero-order valence-corrected chi connectivity index (χ0v) is 13.3. The molecule has 2 aromatic heterocycles. The Morgan fingerprint density at radius 1 is 1.17 bits per heavy atom. The van der Waals surface area contributed by atoms with E-state index in [0.717, 1.165) is 28.1 Å². The molecule has 1 fully saturated rings. The SMILES string of the molecule is Cc1ncc(Nc2nccc3cc(OCC4(F)CC4)ccc23)cn1. The van der Waals surface area contributed by atoms with E-state index in [1.54, 1.807) is 18.6 Å². The van der Waals surface area contributed by atoms with Crippen molar-refractivity contribution in [3.63, 3.8) is 0 Å². The molecule has 0 spiro atoms. The topological polar surface area (TPSA) is 59.9 Å². The highest BCUT2D eigenvalue weighted by atomic mass is 19.1. The Labute approximate surface area is 138 Å². The first-order valence-electron chi connectivity index (χ1n) is 7.88. The number of benzene rings is 1. The highest BCUT2D eigenvalue weighted by Gasteiger charge is 2.44. The normalized spacial score (nSPS) is 15.2. The number of aryl methyl sites for hydroxylation is 1. The molecule has 0 atom stereocenters. The minimum Gasteiger partial charge on any atom is -0.490 e. The zero-order chi connectivity index (χ0) is 16.6. The number of pyridine rings is 1. The highest BCUT2D eigenvalue weighted by molar-refractivity contribution is 5.93. The lowest BCUT2D eigenvalue weighted by Gasteiger charge is -2.11. The van der Waals surface area contributed by atoms with Crippen LogP contribution < -0.4 is 10.1 Å². The number of hydrogen-bond acceptors (Lipinski definition) is 5. The summed E-state index contributed by atoms with van der Waals surface area (Å²) in [5.41, 5.74) is -0.347. The molecule has 0 saturated heterocycles. The van der Waals surface area contributed by atoms with Gasteiger partial charge in [-0.2, -0.15) is 0 Å². The van der Waals surface area contributed by atoms with E-state index in [2.05, 4.69) is 20.3 Å². The first kappa shape index (κ1) is 14.8. The van der Waals surface area contributed by atoms with E-state index in [1.165, 1.54) is 0 Å². The van der Waals surface area contributed by atoms with Crippen LogP contribution in [-0.4, -0.2) is 27.2 Å². The van der Waals surface area contributed by atoms with Crippen LogP contribution >= 0.6 is 0 Å². The third-order valence-electron chi connectivity index (χ3n) is 4.07. The molecule has 1 aromatic carbocycles. The molecule has 5 nitrogen and oxygen atoms in total. The maximum Gasteiger partial charge on any atom is 0.145 e. The summed E-state index contributed by atoms with van der Waals surface area (Å²) in [5.74, 6) is 2.10. The Bertz CT molecular complexity index is 878. The van der Waals surface area contributed by atoms with Gasteiger partial charge >= 0.3 is 0 Å². The lowest BCUT2D eigenvalue weighted by molar-refractivity contribution is 0.178. The van der Waals surface area contributed by atoms with Crippen LogP contribution in [0.2, 0.25) is 0 Å². The monoisotopic (exact) mass is 324 g/mol. The molecule has 6 heteroatoms. The molecule has 0 amide bonds. The van der Waals surface area contributed by atoms with E-state index in [1.807, 2.05) is 31.2 Å². The van der Waals surface area contributed by atoms with Crippen molar-refractivity contribution >= 4 is 22.3 Å². The van der Waals surface area contributed by atoms with Crippen molar-refractivity contribution < 1.29 is 9.13 Å². The smallest absolute Gasteiger partial charge is 0.145 e. The maximum absolute atomic E-state index is 13.7. The number of nitrogens with zero attached hydrogens (tertiary/aromatic N) is 3. The summed E-state index contributed by atoms with van der Waals surface area (Å²) in [4.78, 5) is 12.7. The molecule has 24 heavy (non-hydrogen) atoms. The van der Waals surface area contributed by atoms with Gasteiger partial charge < -0.3 is 10.1 Å². The van der Waals surface area contributed by atoms with Gasteiger partial charge in [0.25, 0.3) is 0 Å². The fourth-order valence-electron chi connectivity index (χ4n) is 2.43. The molecule has 4 rings (SSSR count). The summed E-state index contributed by atoms with van der Waals surface area (Å²) in [6.45, 7) is 1.96. The summed E-state index contributed by atoms with van der Waals surface area (Å²) in [5, 5.41) is 5.15. The van der Waals surface area contributed by atoms with E-state index in [-0.39, 0.29) is 6.61 Å². The molecule has 0 radical (unpaired) electrons. The molecule has 1 aliphatic rings. The minimum atomic E-state index is -1.12. The molecular formula is C18H17FN4O. The molecular weight excluding hydrogens is 307 g/mol. The molecule has 1 saturated carbocycles. The van der Waals surface area contributed by atoms with Crippen molar-refractivity contribution in [1.29, 1.82) is 0 Å². The van der Waals surface area contributed by atoms with Crippen LogP contribution in [0.25, 0.3) is 10.8 Å². The van der Waals surface area contributed by atoms with Gasteiger partial charge in [-0.05, 0) is 49.4 Å². The molecule has 2 heterocycles. The lowest BCUT2D eigenvalue weighted by Crippen LogP contribution is -2.13. The predicted molar refractivity (Wildman–Crippen MR) is 90.4 cm³/mol. The van der Waals surface area contributed by atoms with Gasteiger partial charge in [0.2, 0.25) is 0 Å². The summed E-state index contributed by atoms with van der Waals surface area (Å²) in [7, 11) is 0. The van der Waals surface area contributed by atoms with Crippen LogP contribution in [0.4, 0.5) is 15.9 Å². The van der Waals surface area contributed by atoms with Crippen LogP contribution in [0.3, 0.4) is 0 Å². The van der Waals surface area contributed by atoms with Crippen molar-refractivity contribution in [1.82, 2.24) is 15.0 Å². The van der Waals surface area contributed by atoms with E-state index in [4.69, 9.17) is 4.74 Å². The molecule has 0 unspecified atom stereocenters.